The van der Waals surface area contributed by atoms with Gasteiger partial charge in [-0.1, -0.05) is 6.07 Å². The summed E-state index contributed by atoms with van der Waals surface area (Å²) in [6.45, 7) is 0. The van der Waals surface area contributed by atoms with Crippen LogP contribution in [-0.2, 0) is 0 Å². The summed E-state index contributed by atoms with van der Waals surface area (Å²) in [4.78, 5) is 11.2. The Kier molecular flexibility index (Phi) is 3.09. The van der Waals surface area contributed by atoms with Gasteiger partial charge < -0.3 is 9.15 Å². The van der Waals surface area contributed by atoms with Gasteiger partial charge in [-0.05, 0) is 18.2 Å². The number of hydrogen-bond donors (Lipinski definition) is 0. The normalized spacial score (nSPS) is 10.4. The number of aromatic nitrogens is 2. The van der Waals surface area contributed by atoms with E-state index in [1.807, 2.05) is 24.3 Å². The molecule has 3 aromatic rings. The molecule has 20 heavy (non-hydrogen) atoms. The number of ether oxygens (including phenoxy) is 1. The van der Waals surface area contributed by atoms with Gasteiger partial charge >= 0.3 is 0 Å². The minimum absolute atomic E-state index is 0.509. The summed E-state index contributed by atoms with van der Waals surface area (Å²) >= 11 is 0. The van der Waals surface area contributed by atoms with Crippen molar-refractivity contribution in [1.82, 2.24) is 9.78 Å². The van der Waals surface area contributed by atoms with Crippen LogP contribution < -0.4 is 4.74 Å². The highest BCUT2D eigenvalue weighted by Gasteiger charge is 2.12. The Hall–Kier alpha value is -2.82. The van der Waals surface area contributed by atoms with E-state index in [0.717, 1.165) is 23.3 Å². The van der Waals surface area contributed by atoms with Gasteiger partial charge in [-0.25, -0.2) is 4.68 Å². The molecule has 0 saturated heterocycles. The molecule has 0 aliphatic heterocycles. The first kappa shape index (κ1) is 12.2. The van der Waals surface area contributed by atoms with Crippen molar-refractivity contribution in [2.75, 3.05) is 7.11 Å². The van der Waals surface area contributed by atoms with Gasteiger partial charge in [-0.2, -0.15) is 5.10 Å². The molecule has 0 amide bonds. The molecular formula is C15H12N2O3. The van der Waals surface area contributed by atoms with Crippen molar-refractivity contribution < 1.29 is 13.9 Å². The summed E-state index contributed by atoms with van der Waals surface area (Å²) in [5, 5.41) is 4.44. The Morgan fingerprint density at radius 2 is 2.25 bits per heavy atom. The summed E-state index contributed by atoms with van der Waals surface area (Å²) in [7, 11) is 1.61. The molecule has 0 saturated carbocycles. The molecule has 0 unspecified atom stereocenters. The van der Waals surface area contributed by atoms with E-state index in [1.165, 1.54) is 0 Å². The molecule has 100 valence electrons. The first-order chi connectivity index (χ1) is 9.81. The van der Waals surface area contributed by atoms with Gasteiger partial charge in [-0.3, -0.25) is 4.79 Å². The van der Waals surface area contributed by atoms with Gasteiger partial charge in [0.05, 0.1) is 30.9 Å². The van der Waals surface area contributed by atoms with Crippen LogP contribution in [0.4, 0.5) is 0 Å². The molecule has 5 nitrogen and oxygen atoms in total. The topological polar surface area (TPSA) is 57.3 Å². The second-order valence-electron chi connectivity index (χ2n) is 4.21. The Bertz CT molecular complexity index is 729. The summed E-state index contributed by atoms with van der Waals surface area (Å²) in [6, 6.07) is 9.23. The van der Waals surface area contributed by atoms with Crippen LogP contribution in [-0.4, -0.2) is 23.2 Å². The van der Waals surface area contributed by atoms with Gasteiger partial charge in [-0.15, -0.1) is 0 Å². The maximum Gasteiger partial charge on any atom is 0.153 e. The van der Waals surface area contributed by atoms with Crippen LogP contribution in [0.15, 0.2) is 53.5 Å². The number of carbonyl (C=O) groups excluding carboxylic acids is 1. The summed E-state index contributed by atoms with van der Waals surface area (Å²) in [5.41, 5.74) is 2.70. The minimum atomic E-state index is 0.509. The standard InChI is InChI=1S/C15H12N2O3/c1-19-14-4-2-3-13(7-14)17-8-12(9-18)15(16-17)11-5-6-20-10-11/h2-10H,1H3. The second kappa shape index (κ2) is 5.05. The zero-order chi connectivity index (χ0) is 13.9. The van der Waals surface area contributed by atoms with E-state index in [4.69, 9.17) is 9.15 Å². The minimum Gasteiger partial charge on any atom is -0.497 e. The first-order valence-electron chi connectivity index (χ1n) is 6.03. The molecule has 0 radical (unpaired) electrons. The Labute approximate surface area is 115 Å². The van der Waals surface area contributed by atoms with E-state index in [-0.39, 0.29) is 0 Å². The van der Waals surface area contributed by atoms with Gasteiger partial charge in [0.15, 0.2) is 6.29 Å². The summed E-state index contributed by atoms with van der Waals surface area (Å²) in [6.07, 6.45) is 5.58. The number of carbonyl (C=O) groups is 1. The maximum absolute atomic E-state index is 11.2. The monoisotopic (exact) mass is 268 g/mol. The zero-order valence-corrected chi connectivity index (χ0v) is 10.8. The molecule has 0 N–H and O–H groups in total. The largest absolute Gasteiger partial charge is 0.497 e. The number of rotatable bonds is 4. The first-order valence-corrected chi connectivity index (χ1v) is 6.03. The number of benzene rings is 1. The van der Waals surface area contributed by atoms with Crippen molar-refractivity contribution in [2.24, 2.45) is 0 Å². The van der Waals surface area contributed by atoms with Crippen LogP contribution in [0.2, 0.25) is 0 Å². The third-order valence-electron chi connectivity index (χ3n) is 2.98. The van der Waals surface area contributed by atoms with E-state index in [0.29, 0.717) is 11.3 Å². The highest BCUT2D eigenvalue weighted by Crippen LogP contribution is 2.24. The number of furan rings is 1. The molecule has 1 aromatic carbocycles. The third-order valence-corrected chi connectivity index (χ3v) is 2.98. The van der Waals surface area contributed by atoms with Crippen LogP contribution in [0, 0.1) is 0 Å². The van der Waals surface area contributed by atoms with E-state index in [2.05, 4.69) is 5.10 Å². The molecule has 2 heterocycles. The molecule has 5 heteroatoms. The van der Waals surface area contributed by atoms with E-state index >= 15 is 0 Å². The molecule has 0 fully saturated rings. The molecule has 0 bridgehead atoms. The van der Waals surface area contributed by atoms with Crippen LogP contribution in [0.25, 0.3) is 16.9 Å². The second-order valence-corrected chi connectivity index (χ2v) is 4.21. The average molecular weight is 268 g/mol. The molecule has 2 aromatic heterocycles. The van der Waals surface area contributed by atoms with Crippen LogP contribution >= 0.6 is 0 Å². The lowest BCUT2D eigenvalue weighted by Crippen LogP contribution is -1.95. The fraction of sp³-hybridized carbons (Fsp3) is 0.0667. The number of hydrogen-bond acceptors (Lipinski definition) is 4. The van der Waals surface area contributed by atoms with Gasteiger partial charge in [0.25, 0.3) is 0 Å². The Morgan fingerprint density at radius 3 is 2.95 bits per heavy atom. The number of methoxy groups -OCH3 is 1. The molecule has 3 rings (SSSR count). The van der Waals surface area contributed by atoms with Crippen LogP contribution in [0.3, 0.4) is 0 Å². The number of nitrogens with zero attached hydrogens (tertiary/aromatic N) is 2. The predicted octanol–water partition coefficient (Wildman–Crippen LogP) is 2.95. The smallest absolute Gasteiger partial charge is 0.153 e. The molecular weight excluding hydrogens is 256 g/mol. The fourth-order valence-electron chi connectivity index (χ4n) is 1.98. The highest BCUT2D eigenvalue weighted by molar-refractivity contribution is 5.85. The third kappa shape index (κ3) is 2.09. The molecule has 0 spiro atoms. The summed E-state index contributed by atoms with van der Waals surface area (Å²) in [5.74, 6) is 0.732. The quantitative estimate of drug-likeness (QED) is 0.683. The van der Waals surface area contributed by atoms with E-state index in [1.54, 1.807) is 36.6 Å². The molecule has 0 aliphatic carbocycles. The van der Waals surface area contributed by atoms with E-state index < -0.39 is 0 Å². The van der Waals surface area contributed by atoms with Crippen molar-refractivity contribution in [3.63, 3.8) is 0 Å². The maximum atomic E-state index is 11.2. The van der Waals surface area contributed by atoms with Gasteiger partial charge in [0.2, 0.25) is 0 Å². The SMILES string of the molecule is COc1cccc(-n2cc(C=O)c(-c3ccoc3)n2)c1. The zero-order valence-electron chi connectivity index (χ0n) is 10.8. The molecule has 0 atom stereocenters. The Balaban J connectivity index is 2.09. The predicted molar refractivity (Wildman–Crippen MR) is 73.2 cm³/mol. The van der Waals surface area contributed by atoms with Gasteiger partial charge in [0.1, 0.15) is 11.4 Å². The average Bonchev–Trinajstić information content (AvgIpc) is 3.15. The van der Waals surface area contributed by atoms with Crippen molar-refractivity contribution in [3.05, 3.63) is 54.6 Å². The van der Waals surface area contributed by atoms with E-state index in [9.17, 15) is 4.79 Å². The van der Waals surface area contributed by atoms with Crippen molar-refractivity contribution >= 4 is 6.29 Å². The highest BCUT2D eigenvalue weighted by atomic mass is 16.5. The Morgan fingerprint density at radius 1 is 1.35 bits per heavy atom. The summed E-state index contributed by atoms with van der Waals surface area (Å²) < 4.78 is 11.9. The van der Waals surface area contributed by atoms with Crippen LogP contribution in [0.5, 0.6) is 5.75 Å². The lowest BCUT2D eigenvalue weighted by Gasteiger charge is -2.03. The van der Waals surface area contributed by atoms with Gasteiger partial charge in [0, 0.05) is 17.8 Å². The van der Waals surface area contributed by atoms with Crippen molar-refractivity contribution in [1.29, 1.82) is 0 Å². The fourth-order valence-corrected chi connectivity index (χ4v) is 1.98. The number of aldehydes is 1. The molecule has 0 aliphatic rings. The van der Waals surface area contributed by atoms with Crippen LogP contribution in [0.1, 0.15) is 10.4 Å². The van der Waals surface area contributed by atoms with Crippen molar-refractivity contribution in [2.45, 2.75) is 0 Å². The lowest BCUT2D eigenvalue weighted by atomic mass is 10.2. The van der Waals surface area contributed by atoms with Crippen molar-refractivity contribution in [3.8, 4) is 22.7 Å². The lowest BCUT2D eigenvalue weighted by molar-refractivity contribution is 0.112.